The second-order valence-electron chi connectivity index (χ2n) is 8.12. The molecule has 0 radical (unpaired) electrons. The van der Waals surface area contributed by atoms with E-state index in [2.05, 4.69) is 30.2 Å². The van der Waals surface area contributed by atoms with Gasteiger partial charge >= 0.3 is 0 Å². The van der Waals surface area contributed by atoms with Crippen molar-refractivity contribution >= 4 is 5.69 Å². The van der Waals surface area contributed by atoms with E-state index in [0.717, 1.165) is 37.1 Å². The molecule has 3 aromatic rings. The third kappa shape index (κ3) is 3.75. The molecule has 1 aliphatic carbocycles. The van der Waals surface area contributed by atoms with E-state index < -0.39 is 11.6 Å². The van der Waals surface area contributed by atoms with E-state index in [0.29, 0.717) is 11.6 Å². The van der Waals surface area contributed by atoms with Crippen molar-refractivity contribution in [1.29, 1.82) is 0 Å². The number of aromatic nitrogens is 4. The summed E-state index contributed by atoms with van der Waals surface area (Å²) in [5.41, 5.74) is 2.04. The number of rotatable bonds is 5. The first-order valence-corrected chi connectivity index (χ1v) is 10.1. The topological polar surface area (TPSA) is 66.8 Å². The minimum atomic E-state index is -0.806. The first kappa shape index (κ1) is 19.0. The Morgan fingerprint density at radius 2 is 1.67 bits per heavy atom. The van der Waals surface area contributed by atoms with Crippen molar-refractivity contribution in [3.63, 3.8) is 0 Å². The average Bonchev–Trinajstić information content (AvgIpc) is 3.47. The summed E-state index contributed by atoms with van der Waals surface area (Å²) in [6.07, 6.45) is 8.63. The standard InChI is InChI=1S/C22H22F2N6/c1-30-6-3-15(12-30)29-19-8-13(7-18(23)20(19)24)16-9-17(16)14-10-27-22(28-11-14)21-25-4-2-5-26-21/h2,4-5,7-8,10-11,15-17,29H,3,6,9,12H2,1H3/t15-,16?,17?/m0/s1. The minimum Gasteiger partial charge on any atom is -0.379 e. The summed E-state index contributed by atoms with van der Waals surface area (Å²) >= 11 is 0. The second kappa shape index (κ2) is 7.68. The minimum absolute atomic E-state index is 0.134. The van der Waals surface area contributed by atoms with Gasteiger partial charge in [-0.3, -0.25) is 0 Å². The molecule has 2 fully saturated rings. The molecule has 30 heavy (non-hydrogen) atoms. The Hall–Kier alpha value is -3.00. The van der Waals surface area contributed by atoms with Crippen molar-refractivity contribution in [2.75, 3.05) is 25.5 Å². The summed E-state index contributed by atoms with van der Waals surface area (Å²) in [7, 11) is 2.03. The monoisotopic (exact) mass is 408 g/mol. The van der Waals surface area contributed by atoms with Gasteiger partial charge < -0.3 is 10.2 Å². The summed E-state index contributed by atoms with van der Waals surface area (Å²) in [5.74, 6) is -0.330. The van der Waals surface area contributed by atoms with Crippen LogP contribution in [0.1, 0.15) is 35.8 Å². The average molecular weight is 408 g/mol. The SMILES string of the molecule is CN1CC[C@H](Nc2cc(C3CC3c3cnc(-c4ncccn4)nc3)cc(F)c2F)C1. The lowest BCUT2D eigenvalue weighted by Crippen LogP contribution is -2.24. The van der Waals surface area contributed by atoms with Crippen LogP contribution in [0.15, 0.2) is 43.0 Å². The number of benzene rings is 1. The molecule has 1 aliphatic heterocycles. The highest BCUT2D eigenvalue weighted by Crippen LogP contribution is 2.55. The van der Waals surface area contributed by atoms with Crippen molar-refractivity contribution < 1.29 is 8.78 Å². The molecule has 5 rings (SSSR count). The Balaban J connectivity index is 1.32. The first-order valence-electron chi connectivity index (χ1n) is 10.1. The zero-order valence-electron chi connectivity index (χ0n) is 16.6. The molecule has 2 aliphatic rings. The smallest absolute Gasteiger partial charge is 0.197 e. The molecule has 0 bridgehead atoms. The Kier molecular flexibility index (Phi) is 4.86. The number of nitrogens with zero attached hydrogens (tertiary/aromatic N) is 5. The molecule has 6 nitrogen and oxygen atoms in total. The van der Waals surface area contributed by atoms with E-state index >= 15 is 0 Å². The van der Waals surface area contributed by atoms with Gasteiger partial charge in [0, 0.05) is 37.4 Å². The number of anilines is 1. The molecule has 1 saturated heterocycles. The largest absolute Gasteiger partial charge is 0.379 e. The Morgan fingerprint density at radius 3 is 2.37 bits per heavy atom. The normalized spacial score (nSPS) is 23.5. The summed E-state index contributed by atoms with van der Waals surface area (Å²) < 4.78 is 28.6. The van der Waals surface area contributed by atoms with Crippen LogP contribution in [0.2, 0.25) is 0 Å². The van der Waals surface area contributed by atoms with Crippen LogP contribution in [0.4, 0.5) is 14.5 Å². The fourth-order valence-electron chi connectivity index (χ4n) is 4.19. The number of halogens is 2. The van der Waals surface area contributed by atoms with E-state index in [1.165, 1.54) is 6.07 Å². The van der Waals surface area contributed by atoms with Crippen molar-refractivity contribution in [3.05, 3.63) is 65.7 Å². The lowest BCUT2D eigenvalue weighted by Gasteiger charge is -2.16. The summed E-state index contributed by atoms with van der Waals surface area (Å²) in [4.78, 5) is 19.2. The molecule has 8 heteroatoms. The third-order valence-electron chi connectivity index (χ3n) is 5.89. The maximum Gasteiger partial charge on any atom is 0.197 e. The van der Waals surface area contributed by atoms with Crippen molar-refractivity contribution in [3.8, 4) is 11.6 Å². The van der Waals surface area contributed by atoms with E-state index in [4.69, 9.17) is 0 Å². The van der Waals surface area contributed by atoms with Crippen LogP contribution in [-0.4, -0.2) is 51.0 Å². The second-order valence-corrected chi connectivity index (χ2v) is 8.12. The fourth-order valence-corrected chi connectivity index (χ4v) is 4.19. The van der Waals surface area contributed by atoms with Gasteiger partial charge in [-0.25, -0.2) is 28.7 Å². The molecule has 3 atom stereocenters. The van der Waals surface area contributed by atoms with Gasteiger partial charge in [0.2, 0.25) is 0 Å². The summed E-state index contributed by atoms with van der Waals surface area (Å²) in [5, 5.41) is 3.19. The Bertz CT molecular complexity index is 1040. The molecular formula is C22H22F2N6. The molecule has 2 unspecified atom stereocenters. The quantitative estimate of drug-likeness (QED) is 0.696. The zero-order valence-corrected chi connectivity index (χ0v) is 16.6. The predicted octanol–water partition coefficient (Wildman–Crippen LogP) is 3.60. The van der Waals surface area contributed by atoms with E-state index in [-0.39, 0.29) is 23.6 Å². The highest BCUT2D eigenvalue weighted by molar-refractivity contribution is 5.52. The molecule has 1 aromatic carbocycles. The molecule has 1 N–H and O–H groups in total. The molecule has 0 amide bonds. The summed E-state index contributed by atoms with van der Waals surface area (Å²) in [6, 6.07) is 4.95. The van der Waals surface area contributed by atoms with Gasteiger partial charge in [0.25, 0.3) is 0 Å². The molecule has 154 valence electrons. The number of nitrogens with one attached hydrogen (secondary N) is 1. The van der Waals surface area contributed by atoms with Crippen LogP contribution in [0.3, 0.4) is 0 Å². The van der Waals surface area contributed by atoms with Gasteiger partial charge in [-0.1, -0.05) is 0 Å². The third-order valence-corrected chi connectivity index (χ3v) is 5.89. The van der Waals surface area contributed by atoms with Crippen LogP contribution < -0.4 is 5.32 Å². The van der Waals surface area contributed by atoms with Crippen LogP contribution in [-0.2, 0) is 0 Å². The van der Waals surface area contributed by atoms with E-state index in [1.807, 2.05) is 7.05 Å². The van der Waals surface area contributed by atoms with Gasteiger partial charge in [-0.15, -0.1) is 0 Å². The summed E-state index contributed by atoms with van der Waals surface area (Å²) in [6.45, 7) is 1.78. The zero-order chi connectivity index (χ0) is 20.7. The fraction of sp³-hybridized carbons (Fsp3) is 0.364. The van der Waals surface area contributed by atoms with Gasteiger partial charge in [0.15, 0.2) is 23.3 Å². The van der Waals surface area contributed by atoms with Gasteiger partial charge in [0.05, 0.1) is 5.69 Å². The molecule has 3 heterocycles. The van der Waals surface area contributed by atoms with Crippen LogP contribution in [0.25, 0.3) is 11.6 Å². The number of likely N-dealkylation sites (N-methyl/N-ethyl adjacent to an activating group) is 1. The molecule has 2 aromatic heterocycles. The van der Waals surface area contributed by atoms with Crippen LogP contribution >= 0.6 is 0 Å². The van der Waals surface area contributed by atoms with Gasteiger partial charge in [0.1, 0.15) is 0 Å². The number of hydrogen-bond acceptors (Lipinski definition) is 6. The maximum atomic E-state index is 14.4. The first-order chi connectivity index (χ1) is 14.6. The van der Waals surface area contributed by atoms with Gasteiger partial charge in [-0.2, -0.15) is 0 Å². The number of hydrogen-bond donors (Lipinski definition) is 1. The van der Waals surface area contributed by atoms with E-state index in [1.54, 1.807) is 36.9 Å². The van der Waals surface area contributed by atoms with Crippen molar-refractivity contribution in [2.24, 2.45) is 0 Å². The van der Waals surface area contributed by atoms with E-state index in [9.17, 15) is 8.78 Å². The van der Waals surface area contributed by atoms with Crippen LogP contribution in [0.5, 0.6) is 0 Å². The predicted molar refractivity (Wildman–Crippen MR) is 109 cm³/mol. The van der Waals surface area contributed by atoms with Gasteiger partial charge in [-0.05, 0) is 67.6 Å². The van der Waals surface area contributed by atoms with Crippen molar-refractivity contribution in [2.45, 2.75) is 30.7 Å². The maximum absolute atomic E-state index is 14.4. The molecule has 1 saturated carbocycles. The highest BCUT2D eigenvalue weighted by Gasteiger charge is 2.41. The Morgan fingerprint density at radius 1 is 0.967 bits per heavy atom. The molecule has 0 spiro atoms. The molecular weight excluding hydrogens is 386 g/mol. The Labute approximate surface area is 173 Å². The number of likely N-dealkylation sites (tertiary alicyclic amines) is 1. The highest BCUT2D eigenvalue weighted by atomic mass is 19.2. The lowest BCUT2D eigenvalue weighted by atomic mass is 10.0. The van der Waals surface area contributed by atoms with Crippen LogP contribution in [0, 0.1) is 11.6 Å². The van der Waals surface area contributed by atoms with Crippen molar-refractivity contribution in [1.82, 2.24) is 24.8 Å². The lowest BCUT2D eigenvalue weighted by molar-refractivity contribution is 0.413.